The van der Waals surface area contributed by atoms with Crippen LogP contribution in [-0.4, -0.2) is 52.7 Å². The predicted molar refractivity (Wildman–Crippen MR) is 133 cm³/mol. The molecule has 9 nitrogen and oxygen atoms in total. The number of phenolic OH excluding ortho intramolecular Hbond substituents is 2. The second-order valence-corrected chi connectivity index (χ2v) is 8.81. The van der Waals surface area contributed by atoms with E-state index in [9.17, 15) is 14.6 Å². The summed E-state index contributed by atoms with van der Waals surface area (Å²) in [6.45, 7) is 2.02. The van der Waals surface area contributed by atoms with E-state index in [4.69, 9.17) is 27.9 Å². The molecule has 0 spiro atoms. The number of nitrogens with zero attached hydrogens (tertiary/aromatic N) is 4. The Labute approximate surface area is 212 Å². The minimum absolute atomic E-state index is 0.00656. The lowest BCUT2D eigenvalue weighted by molar-refractivity contribution is 0.122. The second kappa shape index (κ2) is 10.6. The molecule has 0 radical (unpaired) electrons. The Morgan fingerprint density at radius 3 is 2.68 bits per heavy atom. The van der Waals surface area contributed by atoms with Crippen LogP contribution in [0.15, 0.2) is 40.0 Å². The van der Waals surface area contributed by atoms with Gasteiger partial charge in [-0.2, -0.15) is 10.1 Å². The van der Waals surface area contributed by atoms with Crippen molar-refractivity contribution in [2.24, 2.45) is 5.10 Å². The van der Waals surface area contributed by atoms with Gasteiger partial charge in [-0.25, -0.2) is 14.8 Å². The number of nitrogens with one attached hydrogen (secondary N) is 2. The summed E-state index contributed by atoms with van der Waals surface area (Å²) in [4.78, 5) is 9.82. The van der Waals surface area contributed by atoms with Gasteiger partial charge in [0.25, 0.3) is 0 Å². The minimum atomic E-state index is -0.540. The van der Waals surface area contributed by atoms with E-state index < -0.39 is 5.82 Å². The summed E-state index contributed by atoms with van der Waals surface area (Å²) in [6.07, 6.45) is 2.38. The molecular formula is C21H18BrCl2FN6O3. The van der Waals surface area contributed by atoms with Crippen molar-refractivity contribution in [3.8, 4) is 11.5 Å². The number of ether oxygens (including phenoxy) is 1. The van der Waals surface area contributed by atoms with E-state index >= 15 is 0 Å². The molecule has 0 atom stereocenters. The quantitative estimate of drug-likeness (QED) is 0.183. The Balaban J connectivity index is 1.49. The topological polar surface area (TPSA) is 115 Å². The molecule has 1 aliphatic heterocycles. The SMILES string of the molecule is Oc1c(Cl)cc(Br)cc1Nc1ccc(/C=N\Nc2ncc(F)c(N3CCOCC3)n2)c(O)c1Cl. The molecule has 34 heavy (non-hydrogen) atoms. The molecule has 2 heterocycles. The minimum Gasteiger partial charge on any atom is -0.506 e. The maximum Gasteiger partial charge on any atom is 0.245 e. The third-order valence-corrected chi connectivity index (χ3v) is 5.98. The van der Waals surface area contributed by atoms with E-state index in [1.165, 1.54) is 6.21 Å². The predicted octanol–water partition coefficient (Wildman–Crippen LogP) is 5.12. The van der Waals surface area contributed by atoms with Gasteiger partial charge in [-0.1, -0.05) is 39.1 Å². The largest absolute Gasteiger partial charge is 0.506 e. The first-order chi connectivity index (χ1) is 16.3. The van der Waals surface area contributed by atoms with Crippen molar-refractivity contribution in [3.05, 3.63) is 56.4 Å². The molecule has 0 saturated carbocycles. The van der Waals surface area contributed by atoms with Gasteiger partial charge in [0, 0.05) is 23.1 Å². The molecule has 13 heteroatoms. The molecule has 0 unspecified atom stereocenters. The van der Waals surface area contributed by atoms with Crippen LogP contribution in [0.3, 0.4) is 0 Å². The fourth-order valence-corrected chi connectivity index (χ4v) is 4.18. The molecule has 0 bridgehead atoms. The van der Waals surface area contributed by atoms with Gasteiger partial charge in [0.15, 0.2) is 17.4 Å². The number of hydrogen-bond acceptors (Lipinski definition) is 9. The highest BCUT2D eigenvalue weighted by atomic mass is 79.9. The summed E-state index contributed by atoms with van der Waals surface area (Å²) in [7, 11) is 0. The lowest BCUT2D eigenvalue weighted by Crippen LogP contribution is -2.37. The standard InChI is InChI=1S/C21H18BrCl2FN6O3/c22-12-7-13(23)19(33)16(8-12)28-15-2-1-11(18(32)17(15)24)9-27-30-21-26-10-14(25)20(29-21)31-3-5-34-6-4-31/h1-2,7-10,28,32-33H,3-6H2,(H,26,29,30)/b27-9-. The molecule has 1 saturated heterocycles. The van der Waals surface area contributed by atoms with Crippen molar-refractivity contribution >= 4 is 68.5 Å². The van der Waals surface area contributed by atoms with E-state index in [0.717, 1.165) is 6.20 Å². The average molecular weight is 572 g/mol. The van der Waals surface area contributed by atoms with Gasteiger partial charge in [0.2, 0.25) is 5.95 Å². The summed E-state index contributed by atoms with van der Waals surface area (Å²) >= 11 is 15.6. The second-order valence-electron chi connectivity index (χ2n) is 7.11. The number of rotatable bonds is 6. The highest BCUT2D eigenvalue weighted by Crippen LogP contribution is 2.40. The fraction of sp³-hybridized carbons (Fsp3) is 0.190. The van der Waals surface area contributed by atoms with Gasteiger partial charge in [-0.3, -0.25) is 0 Å². The molecule has 1 aromatic heterocycles. The van der Waals surface area contributed by atoms with Crippen molar-refractivity contribution in [3.63, 3.8) is 0 Å². The smallest absolute Gasteiger partial charge is 0.245 e. The van der Waals surface area contributed by atoms with Crippen LogP contribution in [0.2, 0.25) is 10.0 Å². The third-order valence-electron chi connectivity index (χ3n) is 4.85. The van der Waals surface area contributed by atoms with Crippen LogP contribution in [0.5, 0.6) is 11.5 Å². The lowest BCUT2D eigenvalue weighted by atomic mass is 10.2. The molecule has 0 amide bonds. The molecule has 2 aromatic carbocycles. The van der Waals surface area contributed by atoms with Gasteiger partial charge < -0.3 is 25.2 Å². The molecule has 1 aliphatic rings. The van der Waals surface area contributed by atoms with Gasteiger partial charge >= 0.3 is 0 Å². The number of phenols is 2. The normalized spacial score (nSPS) is 13.9. The first-order valence-corrected chi connectivity index (χ1v) is 11.5. The van der Waals surface area contributed by atoms with Crippen LogP contribution in [-0.2, 0) is 4.74 Å². The van der Waals surface area contributed by atoms with E-state index in [1.54, 1.807) is 29.2 Å². The highest BCUT2D eigenvalue weighted by Gasteiger charge is 2.18. The van der Waals surface area contributed by atoms with E-state index in [-0.39, 0.29) is 33.3 Å². The highest BCUT2D eigenvalue weighted by molar-refractivity contribution is 9.10. The van der Waals surface area contributed by atoms with Crippen molar-refractivity contribution in [1.82, 2.24) is 9.97 Å². The number of aromatic nitrogens is 2. The average Bonchev–Trinajstić information content (AvgIpc) is 2.83. The van der Waals surface area contributed by atoms with E-state index in [0.29, 0.717) is 47.7 Å². The maximum atomic E-state index is 14.1. The number of halogens is 4. The molecular weight excluding hydrogens is 554 g/mol. The van der Waals surface area contributed by atoms with E-state index in [1.807, 2.05) is 0 Å². The van der Waals surface area contributed by atoms with Gasteiger partial charge in [-0.15, -0.1) is 0 Å². The van der Waals surface area contributed by atoms with Crippen LogP contribution in [0, 0.1) is 5.82 Å². The molecule has 0 aliphatic carbocycles. The van der Waals surface area contributed by atoms with Crippen LogP contribution < -0.4 is 15.6 Å². The van der Waals surface area contributed by atoms with Gasteiger partial charge in [-0.05, 0) is 24.3 Å². The summed E-state index contributed by atoms with van der Waals surface area (Å²) in [5.41, 5.74) is 3.56. The van der Waals surface area contributed by atoms with Crippen LogP contribution in [0.1, 0.15) is 5.56 Å². The molecule has 178 valence electrons. The fourth-order valence-electron chi connectivity index (χ4n) is 3.16. The molecule has 3 aromatic rings. The number of morpholine rings is 1. The number of aromatic hydroxyl groups is 2. The Morgan fingerprint density at radius 1 is 1.15 bits per heavy atom. The maximum absolute atomic E-state index is 14.1. The van der Waals surface area contributed by atoms with Crippen molar-refractivity contribution in [2.45, 2.75) is 0 Å². The molecule has 1 fully saturated rings. The zero-order valence-corrected chi connectivity index (χ0v) is 20.5. The zero-order valence-electron chi connectivity index (χ0n) is 17.4. The van der Waals surface area contributed by atoms with Crippen molar-refractivity contribution in [2.75, 3.05) is 41.9 Å². The Morgan fingerprint density at radius 2 is 1.91 bits per heavy atom. The van der Waals surface area contributed by atoms with Crippen LogP contribution in [0.4, 0.5) is 27.5 Å². The van der Waals surface area contributed by atoms with Crippen molar-refractivity contribution < 1.29 is 19.3 Å². The van der Waals surface area contributed by atoms with Crippen LogP contribution in [0.25, 0.3) is 0 Å². The molecule has 4 N–H and O–H groups in total. The van der Waals surface area contributed by atoms with Gasteiger partial charge in [0.05, 0.1) is 42.0 Å². The Kier molecular flexibility index (Phi) is 7.57. The van der Waals surface area contributed by atoms with Crippen molar-refractivity contribution in [1.29, 1.82) is 0 Å². The number of hydrogen-bond donors (Lipinski definition) is 4. The summed E-state index contributed by atoms with van der Waals surface area (Å²) in [6, 6.07) is 6.32. The number of hydrazone groups is 1. The first-order valence-electron chi connectivity index (χ1n) is 9.94. The Hall–Kier alpha value is -2.86. The monoisotopic (exact) mass is 570 g/mol. The van der Waals surface area contributed by atoms with Gasteiger partial charge in [0.1, 0.15) is 10.8 Å². The number of anilines is 4. The zero-order chi connectivity index (χ0) is 24.2. The lowest BCUT2D eigenvalue weighted by Gasteiger charge is -2.27. The number of benzene rings is 2. The van der Waals surface area contributed by atoms with E-state index in [2.05, 4.69) is 41.7 Å². The first kappa shape index (κ1) is 24.3. The molecule has 4 rings (SSSR count). The summed E-state index contributed by atoms with van der Waals surface area (Å²) < 4.78 is 20.1. The summed E-state index contributed by atoms with van der Waals surface area (Å²) in [5.74, 6) is -0.696. The Bertz CT molecular complexity index is 1240. The third kappa shape index (κ3) is 5.44. The summed E-state index contributed by atoms with van der Waals surface area (Å²) in [5, 5.41) is 27.7. The van der Waals surface area contributed by atoms with Crippen LogP contribution >= 0.6 is 39.1 Å².